The summed E-state index contributed by atoms with van der Waals surface area (Å²) in [6.07, 6.45) is 7.24. The van der Waals surface area contributed by atoms with Crippen molar-refractivity contribution in [3.05, 3.63) is 65.9 Å². The molecule has 2 aromatic rings. The van der Waals surface area contributed by atoms with Crippen LogP contribution in [-0.2, 0) is 20.2 Å². The summed E-state index contributed by atoms with van der Waals surface area (Å²) in [6.45, 7) is 0. The zero-order valence-corrected chi connectivity index (χ0v) is 16.3. The van der Waals surface area contributed by atoms with E-state index in [-0.39, 0.29) is 21.7 Å². The van der Waals surface area contributed by atoms with Crippen molar-refractivity contribution in [2.24, 2.45) is 5.10 Å². The molecular weight excluding hydrogens is 420 g/mol. The minimum Gasteiger partial charge on any atom is -0.282 e. The number of allylic oxidation sites excluding steroid dienone is 1. The first-order chi connectivity index (χ1) is 13.7. The second-order valence-electron chi connectivity index (χ2n) is 5.72. The molecule has 1 heterocycles. The number of benzene rings is 2. The van der Waals surface area contributed by atoms with Crippen molar-refractivity contribution < 1.29 is 25.9 Å². The third kappa shape index (κ3) is 5.00. The van der Waals surface area contributed by atoms with Gasteiger partial charge >= 0.3 is 0 Å². The fraction of sp³-hybridized carbons (Fsp3) is 0. The SMILES string of the molecule is O=S(=O)(O)c1ccccc1C=Cc1cccc(NN2N=CC=CN2)c1S(=O)(=O)O. The lowest BCUT2D eigenvalue weighted by Crippen LogP contribution is -2.36. The van der Waals surface area contributed by atoms with Gasteiger partial charge in [0.1, 0.15) is 9.79 Å². The number of rotatable bonds is 6. The van der Waals surface area contributed by atoms with Gasteiger partial charge in [0.25, 0.3) is 20.2 Å². The fourth-order valence-electron chi connectivity index (χ4n) is 2.57. The van der Waals surface area contributed by atoms with Gasteiger partial charge in [0.2, 0.25) is 0 Å². The highest BCUT2D eigenvalue weighted by molar-refractivity contribution is 7.86. The summed E-state index contributed by atoms with van der Waals surface area (Å²) in [7, 11) is -9.14. The topological polar surface area (TPSA) is 148 Å². The average molecular weight is 436 g/mol. The lowest BCUT2D eigenvalue weighted by atomic mass is 10.1. The molecule has 0 saturated heterocycles. The third-order valence-electron chi connectivity index (χ3n) is 3.73. The number of hydrogen-bond donors (Lipinski definition) is 4. The van der Waals surface area contributed by atoms with Gasteiger partial charge in [-0.2, -0.15) is 16.8 Å². The molecule has 0 bridgehead atoms. The van der Waals surface area contributed by atoms with Gasteiger partial charge in [0, 0.05) is 6.20 Å². The molecule has 29 heavy (non-hydrogen) atoms. The van der Waals surface area contributed by atoms with E-state index in [1.807, 2.05) is 0 Å². The number of hydrazone groups is 1. The van der Waals surface area contributed by atoms with Crippen molar-refractivity contribution in [1.29, 1.82) is 0 Å². The Labute approximate surface area is 167 Å². The van der Waals surface area contributed by atoms with Crippen LogP contribution in [0.5, 0.6) is 0 Å². The van der Waals surface area contributed by atoms with E-state index in [0.29, 0.717) is 0 Å². The van der Waals surface area contributed by atoms with Crippen molar-refractivity contribution in [2.75, 3.05) is 5.43 Å². The van der Waals surface area contributed by atoms with Crippen LogP contribution in [0.2, 0.25) is 0 Å². The Morgan fingerprint density at radius 3 is 2.28 bits per heavy atom. The Hall–Kier alpha value is -3.19. The number of nitrogens with one attached hydrogen (secondary N) is 2. The molecule has 12 heteroatoms. The standard InChI is InChI=1S/C17H16N4O6S2/c22-28(23,24)16-8-2-1-5-13(16)9-10-14-6-3-7-15(17(14)29(25,26)27)20-21-18-11-4-12-19-21/h1-12,18,20H,(H,22,23,24)(H,25,26,27). The number of nitrogens with zero attached hydrogens (tertiary/aromatic N) is 2. The Bertz CT molecular complexity index is 1220. The van der Waals surface area contributed by atoms with Gasteiger partial charge in [-0.25, -0.2) is 0 Å². The van der Waals surface area contributed by atoms with Crippen molar-refractivity contribution in [3.63, 3.8) is 0 Å². The van der Waals surface area contributed by atoms with Gasteiger partial charge in [-0.05, 0) is 29.3 Å². The predicted octanol–water partition coefficient (Wildman–Crippen LogP) is 2.00. The molecule has 1 aliphatic heterocycles. The average Bonchev–Trinajstić information content (AvgIpc) is 2.66. The van der Waals surface area contributed by atoms with Gasteiger partial charge in [-0.3, -0.25) is 20.0 Å². The van der Waals surface area contributed by atoms with Crippen molar-refractivity contribution in [2.45, 2.75) is 9.79 Å². The molecule has 0 amide bonds. The second kappa shape index (κ2) is 8.05. The Kier molecular flexibility index (Phi) is 5.70. The van der Waals surface area contributed by atoms with Crippen LogP contribution in [-0.4, -0.2) is 37.4 Å². The molecule has 0 radical (unpaired) electrons. The molecule has 0 spiro atoms. The van der Waals surface area contributed by atoms with Crippen LogP contribution in [0.4, 0.5) is 5.69 Å². The van der Waals surface area contributed by atoms with Crippen LogP contribution < -0.4 is 10.9 Å². The molecular formula is C17H16N4O6S2. The monoisotopic (exact) mass is 436 g/mol. The molecule has 1 aliphatic rings. The van der Waals surface area contributed by atoms with Crippen LogP contribution in [0.25, 0.3) is 12.2 Å². The number of hydrazine groups is 2. The van der Waals surface area contributed by atoms with E-state index in [1.54, 1.807) is 18.3 Å². The number of hydrogen-bond acceptors (Lipinski definition) is 8. The summed E-state index contributed by atoms with van der Waals surface area (Å²) in [4.78, 5) is -0.773. The largest absolute Gasteiger partial charge is 0.297 e. The van der Waals surface area contributed by atoms with E-state index < -0.39 is 25.1 Å². The normalized spacial score (nSPS) is 14.2. The molecule has 0 aliphatic carbocycles. The fourth-order valence-corrected chi connectivity index (χ4v) is 4.08. The quantitative estimate of drug-likeness (QED) is 0.394. The lowest BCUT2D eigenvalue weighted by Gasteiger charge is -2.23. The first kappa shape index (κ1) is 20.5. The van der Waals surface area contributed by atoms with E-state index >= 15 is 0 Å². The van der Waals surface area contributed by atoms with E-state index in [0.717, 1.165) is 5.23 Å². The van der Waals surface area contributed by atoms with Crippen LogP contribution in [0.15, 0.2) is 69.6 Å². The van der Waals surface area contributed by atoms with Crippen molar-refractivity contribution in [3.8, 4) is 0 Å². The van der Waals surface area contributed by atoms with Gasteiger partial charge in [0.05, 0.1) is 11.9 Å². The summed E-state index contributed by atoms with van der Waals surface area (Å²) in [5.41, 5.74) is 5.65. The highest BCUT2D eigenvalue weighted by Gasteiger charge is 2.21. The molecule has 0 aromatic heterocycles. The maximum Gasteiger partial charge on any atom is 0.297 e. The van der Waals surface area contributed by atoms with Crippen LogP contribution >= 0.6 is 0 Å². The summed E-state index contributed by atoms with van der Waals surface area (Å²) >= 11 is 0. The van der Waals surface area contributed by atoms with Crippen molar-refractivity contribution >= 4 is 44.3 Å². The minimum absolute atomic E-state index is 0.0256. The van der Waals surface area contributed by atoms with Gasteiger partial charge < -0.3 is 0 Å². The van der Waals surface area contributed by atoms with Gasteiger partial charge in [-0.15, -0.1) is 10.3 Å². The molecule has 0 atom stereocenters. The molecule has 2 aromatic carbocycles. The Balaban J connectivity index is 2.04. The zero-order valence-electron chi connectivity index (χ0n) is 14.7. The highest BCUT2D eigenvalue weighted by atomic mass is 32.2. The summed E-state index contributed by atoms with van der Waals surface area (Å²) in [5.74, 6) is 0. The molecule has 0 saturated carbocycles. The highest BCUT2D eigenvalue weighted by Crippen LogP contribution is 2.28. The van der Waals surface area contributed by atoms with Crippen LogP contribution in [0, 0.1) is 0 Å². The lowest BCUT2D eigenvalue weighted by molar-refractivity contribution is 0.284. The summed E-state index contributed by atoms with van der Waals surface area (Å²) in [5, 5.41) is 5.05. The maximum atomic E-state index is 12.0. The first-order valence-electron chi connectivity index (χ1n) is 8.03. The predicted molar refractivity (Wildman–Crippen MR) is 108 cm³/mol. The summed E-state index contributed by atoms with van der Waals surface area (Å²) in [6, 6.07) is 10.0. The maximum absolute atomic E-state index is 12.0. The Morgan fingerprint density at radius 1 is 0.931 bits per heavy atom. The van der Waals surface area contributed by atoms with Gasteiger partial charge in [0.15, 0.2) is 0 Å². The Morgan fingerprint density at radius 2 is 1.62 bits per heavy atom. The van der Waals surface area contributed by atoms with Crippen LogP contribution in [0.3, 0.4) is 0 Å². The number of anilines is 1. The molecule has 0 unspecified atom stereocenters. The second-order valence-corrected chi connectivity index (χ2v) is 8.47. The van der Waals surface area contributed by atoms with Crippen molar-refractivity contribution in [1.82, 2.24) is 10.7 Å². The van der Waals surface area contributed by atoms with E-state index in [2.05, 4.69) is 16.0 Å². The molecule has 4 N–H and O–H groups in total. The zero-order chi connectivity index (χ0) is 21.1. The summed E-state index contributed by atoms with van der Waals surface area (Å²) < 4.78 is 66.1. The first-order valence-corrected chi connectivity index (χ1v) is 10.9. The van der Waals surface area contributed by atoms with E-state index in [9.17, 15) is 25.9 Å². The molecule has 3 rings (SSSR count). The molecule has 152 valence electrons. The molecule has 10 nitrogen and oxygen atoms in total. The van der Waals surface area contributed by atoms with Gasteiger partial charge in [-0.1, -0.05) is 42.5 Å². The van der Waals surface area contributed by atoms with E-state index in [4.69, 9.17) is 0 Å². The van der Waals surface area contributed by atoms with E-state index in [1.165, 1.54) is 54.8 Å². The third-order valence-corrected chi connectivity index (χ3v) is 5.63. The smallest absolute Gasteiger partial charge is 0.282 e. The van der Waals surface area contributed by atoms with Crippen LogP contribution in [0.1, 0.15) is 11.1 Å². The minimum atomic E-state index is -4.66. The molecule has 0 fully saturated rings.